The van der Waals surface area contributed by atoms with E-state index in [1.165, 1.54) is 0 Å². The number of urea groups is 1. The van der Waals surface area contributed by atoms with E-state index in [0.717, 1.165) is 17.7 Å². The SMILES string of the molecule is CCC(C)NC(=O)Nc1cccc(-c2noc(-c3ccnn3C)n2)c1. The van der Waals surface area contributed by atoms with Gasteiger partial charge in [-0.2, -0.15) is 10.1 Å². The molecule has 8 nitrogen and oxygen atoms in total. The van der Waals surface area contributed by atoms with Gasteiger partial charge in [-0.05, 0) is 31.5 Å². The summed E-state index contributed by atoms with van der Waals surface area (Å²) < 4.78 is 6.97. The molecule has 0 saturated carbocycles. The van der Waals surface area contributed by atoms with Crippen LogP contribution in [0.5, 0.6) is 0 Å². The number of nitrogens with one attached hydrogen (secondary N) is 2. The lowest BCUT2D eigenvalue weighted by Crippen LogP contribution is -2.35. The maximum Gasteiger partial charge on any atom is 0.319 e. The fourth-order valence-corrected chi connectivity index (χ4v) is 2.26. The van der Waals surface area contributed by atoms with Crippen LogP contribution in [0, 0.1) is 0 Å². The van der Waals surface area contributed by atoms with Gasteiger partial charge in [0.05, 0.1) is 0 Å². The summed E-state index contributed by atoms with van der Waals surface area (Å²) >= 11 is 0. The molecule has 0 aliphatic heterocycles. The molecule has 8 heteroatoms. The molecule has 0 aliphatic rings. The molecule has 2 amide bonds. The maximum atomic E-state index is 11.9. The van der Waals surface area contributed by atoms with Gasteiger partial charge in [-0.15, -0.1) is 0 Å². The van der Waals surface area contributed by atoms with Crippen molar-refractivity contribution in [2.75, 3.05) is 5.32 Å². The van der Waals surface area contributed by atoms with Crippen LogP contribution in [0.1, 0.15) is 20.3 Å². The number of carbonyl (C=O) groups is 1. The zero-order valence-corrected chi connectivity index (χ0v) is 14.4. The van der Waals surface area contributed by atoms with Crippen molar-refractivity contribution in [2.24, 2.45) is 7.05 Å². The van der Waals surface area contributed by atoms with Crippen LogP contribution in [-0.2, 0) is 7.05 Å². The molecule has 1 aromatic carbocycles. The summed E-state index contributed by atoms with van der Waals surface area (Å²) in [6.45, 7) is 3.97. The lowest BCUT2D eigenvalue weighted by molar-refractivity contribution is 0.249. The number of amides is 2. The Labute approximate surface area is 145 Å². The Morgan fingerprint density at radius 3 is 2.92 bits per heavy atom. The first-order valence-electron chi connectivity index (χ1n) is 8.07. The minimum atomic E-state index is -0.241. The maximum absolute atomic E-state index is 11.9. The van der Waals surface area contributed by atoms with E-state index in [1.807, 2.05) is 32.0 Å². The highest BCUT2D eigenvalue weighted by Crippen LogP contribution is 2.23. The fraction of sp³-hybridized carbons (Fsp3) is 0.294. The number of nitrogens with zero attached hydrogens (tertiary/aromatic N) is 4. The van der Waals surface area contributed by atoms with Crippen LogP contribution in [-0.4, -0.2) is 32.0 Å². The minimum absolute atomic E-state index is 0.113. The van der Waals surface area contributed by atoms with Crippen molar-refractivity contribution in [3.05, 3.63) is 36.5 Å². The topological polar surface area (TPSA) is 97.9 Å². The van der Waals surface area contributed by atoms with Crippen molar-refractivity contribution in [3.8, 4) is 23.0 Å². The summed E-state index contributed by atoms with van der Waals surface area (Å²) in [5.74, 6) is 0.838. The first-order chi connectivity index (χ1) is 12.1. The molecule has 2 heterocycles. The first-order valence-corrected chi connectivity index (χ1v) is 8.07. The molecular formula is C17H20N6O2. The fourth-order valence-electron chi connectivity index (χ4n) is 2.26. The van der Waals surface area contributed by atoms with Crippen molar-refractivity contribution >= 4 is 11.7 Å². The van der Waals surface area contributed by atoms with E-state index in [0.29, 0.717) is 17.4 Å². The van der Waals surface area contributed by atoms with E-state index in [4.69, 9.17) is 4.52 Å². The monoisotopic (exact) mass is 340 g/mol. The van der Waals surface area contributed by atoms with Crippen LogP contribution >= 0.6 is 0 Å². The zero-order chi connectivity index (χ0) is 17.8. The third-order valence-corrected chi connectivity index (χ3v) is 3.83. The van der Waals surface area contributed by atoms with Crippen molar-refractivity contribution < 1.29 is 9.32 Å². The molecule has 130 valence electrons. The lowest BCUT2D eigenvalue weighted by Gasteiger charge is -2.12. The van der Waals surface area contributed by atoms with Gasteiger partial charge in [0.25, 0.3) is 5.89 Å². The summed E-state index contributed by atoms with van der Waals surface area (Å²) in [6.07, 6.45) is 2.53. The van der Waals surface area contributed by atoms with Gasteiger partial charge in [0, 0.05) is 30.5 Å². The predicted octanol–water partition coefficient (Wildman–Crippen LogP) is 3.06. The van der Waals surface area contributed by atoms with E-state index in [1.54, 1.807) is 30.1 Å². The summed E-state index contributed by atoms with van der Waals surface area (Å²) in [5, 5.41) is 13.8. The van der Waals surface area contributed by atoms with Crippen LogP contribution < -0.4 is 10.6 Å². The minimum Gasteiger partial charge on any atom is -0.335 e. The van der Waals surface area contributed by atoms with Gasteiger partial charge in [-0.3, -0.25) is 4.68 Å². The number of anilines is 1. The molecular weight excluding hydrogens is 320 g/mol. The quantitative estimate of drug-likeness (QED) is 0.744. The smallest absolute Gasteiger partial charge is 0.319 e. The van der Waals surface area contributed by atoms with Gasteiger partial charge in [0.1, 0.15) is 5.69 Å². The second-order valence-corrected chi connectivity index (χ2v) is 5.75. The van der Waals surface area contributed by atoms with Crippen LogP contribution in [0.4, 0.5) is 10.5 Å². The molecule has 3 rings (SSSR count). The Bertz CT molecular complexity index is 869. The highest BCUT2D eigenvalue weighted by atomic mass is 16.5. The predicted molar refractivity (Wildman–Crippen MR) is 93.8 cm³/mol. The van der Waals surface area contributed by atoms with Crippen molar-refractivity contribution in [2.45, 2.75) is 26.3 Å². The highest BCUT2D eigenvalue weighted by Gasteiger charge is 2.14. The van der Waals surface area contributed by atoms with E-state index in [2.05, 4.69) is 25.9 Å². The number of benzene rings is 1. The molecule has 1 unspecified atom stereocenters. The normalized spacial score (nSPS) is 12.0. The Morgan fingerprint density at radius 1 is 1.36 bits per heavy atom. The number of hydrogen-bond donors (Lipinski definition) is 2. The van der Waals surface area contributed by atoms with Crippen LogP contribution in [0.15, 0.2) is 41.1 Å². The van der Waals surface area contributed by atoms with E-state index in [-0.39, 0.29) is 12.1 Å². The molecule has 2 N–H and O–H groups in total. The Balaban J connectivity index is 1.77. The highest BCUT2D eigenvalue weighted by molar-refractivity contribution is 5.90. The molecule has 2 aromatic heterocycles. The summed E-state index contributed by atoms with van der Waals surface area (Å²) in [5.41, 5.74) is 2.14. The Morgan fingerprint density at radius 2 is 2.20 bits per heavy atom. The molecule has 0 radical (unpaired) electrons. The average molecular weight is 340 g/mol. The molecule has 3 aromatic rings. The summed E-state index contributed by atoms with van der Waals surface area (Å²) in [4.78, 5) is 16.3. The van der Waals surface area contributed by atoms with Crippen molar-refractivity contribution in [1.29, 1.82) is 0 Å². The van der Waals surface area contributed by atoms with Gasteiger partial charge in [-0.25, -0.2) is 4.79 Å². The van der Waals surface area contributed by atoms with Gasteiger partial charge in [-0.1, -0.05) is 24.2 Å². The van der Waals surface area contributed by atoms with E-state index in [9.17, 15) is 4.79 Å². The number of rotatable bonds is 5. The number of aromatic nitrogens is 4. The Hall–Kier alpha value is -3.16. The lowest BCUT2D eigenvalue weighted by atomic mass is 10.2. The van der Waals surface area contributed by atoms with Crippen LogP contribution in [0.25, 0.3) is 23.0 Å². The number of aryl methyl sites for hydroxylation is 1. The van der Waals surface area contributed by atoms with E-state index < -0.39 is 0 Å². The zero-order valence-electron chi connectivity index (χ0n) is 14.4. The Kier molecular flexibility index (Phi) is 4.78. The van der Waals surface area contributed by atoms with Crippen molar-refractivity contribution in [1.82, 2.24) is 25.2 Å². The third-order valence-electron chi connectivity index (χ3n) is 3.83. The molecule has 0 aliphatic carbocycles. The second-order valence-electron chi connectivity index (χ2n) is 5.75. The van der Waals surface area contributed by atoms with Crippen LogP contribution in [0.2, 0.25) is 0 Å². The van der Waals surface area contributed by atoms with Gasteiger partial charge in [0.15, 0.2) is 0 Å². The number of hydrogen-bond acceptors (Lipinski definition) is 5. The summed E-state index contributed by atoms with van der Waals surface area (Å²) in [7, 11) is 1.81. The van der Waals surface area contributed by atoms with Crippen LogP contribution in [0.3, 0.4) is 0 Å². The second kappa shape index (κ2) is 7.16. The first kappa shape index (κ1) is 16.7. The third kappa shape index (κ3) is 3.85. The number of carbonyl (C=O) groups excluding carboxylic acids is 1. The van der Waals surface area contributed by atoms with Gasteiger partial charge < -0.3 is 15.2 Å². The molecule has 0 bridgehead atoms. The molecule has 0 fully saturated rings. The molecule has 0 spiro atoms. The van der Waals surface area contributed by atoms with E-state index >= 15 is 0 Å². The molecule has 1 atom stereocenters. The molecule has 25 heavy (non-hydrogen) atoms. The average Bonchev–Trinajstić information content (AvgIpc) is 3.23. The van der Waals surface area contributed by atoms with Crippen molar-refractivity contribution in [3.63, 3.8) is 0 Å². The van der Waals surface area contributed by atoms with Gasteiger partial charge >= 0.3 is 6.03 Å². The largest absolute Gasteiger partial charge is 0.335 e. The molecule has 0 saturated heterocycles. The van der Waals surface area contributed by atoms with Gasteiger partial charge in [0.2, 0.25) is 5.82 Å². The summed E-state index contributed by atoms with van der Waals surface area (Å²) in [6, 6.07) is 8.96. The standard InChI is InChI=1S/C17H20N6O2/c1-4-11(2)19-17(24)20-13-7-5-6-12(10-13)15-21-16(25-22-15)14-8-9-18-23(14)3/h5-11H,4H2,1-3H3,(H2,19,20,24).